The molecule has 0 amide bonds. The number of thioether (sulfide) groups is 1. The Labute approximate surface area is 148 Å². The summed E-state index contributed by atoms with van der Waals surface area (Å²) in [5.74, 6) is 1.19. The van der Waals surface area contributed by atoms with Gasteiger partial charge in [-0.2, -0.15) is 11.8 Å². The predicted octanol–water partition coefficient (Wildman–Crippen LogP) is 3.25. The van der Waals surface area contributed by atoms with Gasteiger partial charge in [0.05, 0.1) is 11.3 Å². The summed E-state index contributed by atoms with van der Waals surface area (Å²) >= 11 is 2.06. The lowest BCUT2D eigenvalue weighted by molar-refractivity contribution is 0.523. The number of hydrogen-bond acceptors (Lipinski definition) is 3. The highest BCUT2D eigenvalue weighted by atomic mass is 32.2. The van der Waals surface area contributed by atoms with Crippen LogP contribution in [0.1, 0.15) is 37.4 Å². The van der Waals surface area contributed by atoms with Gasteiger partial charge < -0.3 is 5.32 Å². The zero-order valence-corrected chi connectivity index (χ0v) is 15.6. The molecule has 0 bridgehead atoms. The predicted molar refractivity (Wildman–Crippen MR) is 102 cm³/mol. The number of benzene rings is 1. The third-order valence-corrected chi connectivity index (χ3v) is 6.26. The molecule has 2 atom stereocenters. The van der Waals surface area contributed by atoms with Gasteiger partial charge in [-0.15, -0.1) is 0 Å². The van der Waals surface area contributed by atoms with E-state index < -0.39 is 0 Å². The fourth-order valence-corrected chi connectivity index (χ4v) is 4.73. The second-order valence-corrected chi connectivity index (χ2v) is 8.09. The van der Waals surface area contributed by atoms with Crippen molar-refractivity contribution in [3.05, 3.63) is 51.9 Å². The zero-order valence-electron chi connectivity index (χ0n) is 14.8. The summed E-state index contributed by atoms with van der Waals surface area (Å²) < 4.78 is 3.72. The van der Waals surface area contributed by atoms with Crippen LogP contribution in [0, 0.1) is 6.92 Å². The van der Waals surface area contributed by atoms with Crippen molar-refractivity contribution in [1.29, 1.82) is 0 Å². The van der Waals surface area contributed by atoms with E-state index in [1.54, 1.807) is 4.68 Å². The first kappa shape index (κ1) is 17.4. The normalized spacial score (nSPS) is 20.6. The Bertz CT molecular complexity index is 735. The Morgan fingerprint density at radius 1 is 1.25 bits per heavy atom. The van der Waals surface area contributed by atoms with Crippen LogP contribution in [0.4, 0.5) is 0 Å². The molecule has 1 saturated carbocycles. The van der Waals surface area contributed by atoms with Crippen LogP contribution in [0.25, 0.3) is 5.69 Å². The van der Waals surface area contributed by atoms with Crippen molar-refractivity contribution in [2.24, 2.45) is 7.05 Å². The lowest BCUT2D eigenvalue weighted by Crippen LogP contribution is -2.29. The Morgan fingerprint density at radius 3 is 2.71 bits per heavy atom. The quantitative estimate of drug-likeness (QED) is 0.873. The van der Waals surface area contributed by atoms with E-state index in [2.05, 4.69) is 24.0 Å². The SMILES string of the molecule is CCS[C@H]1CC[C@H](NCc2c(C)n(C)n(-c3ccccc3)c2=O)C1. The number of aromatic nitrogens is 2. The average Bonchev–Trinajstić information content (AvgIpc) is 3.11. The minimum absolute atomic E-state index is 0.0891. The topological polar surface area (TPSA) is 39.0 Å². The Balaban J connectivity index is 1.74. The van der Waals surface area contributed by atoms with Gasteiger partial charge in [0.15, 0.2) is 0 Å². The van der Waals surface area contributed by atoms with Crippen molar-refractivity contribution in [1.82, 2.24) is 14.7 Å². The first-order chi connectivity index (χ1) is 11.6. The highest BCUT2D eigenvalue weighted by Crippen LogP contribution is 2.29. The maximum Gasteiger partial charge on any atom is 0.276 e. The molecule has 1 aliphatic carbocycles. The van der Waals surface area contributed by atoms with Crippen LogP contribution in [-0.2, 0) is 13.6 Å². The van der Waals surface area contributed by atoms with Gasteiger partial charge in [-0.25, -0.2) is 4.68 Å². The summed E-state index contributed by atoms with van der Waals surface area (Å²) in [6.45, 7) is 4.92. The molecular weight excluding hydrogens is 318 g/mol. The van der Waals surface area contributed by atoms with Crippen molar-refractivity contribution < 1.29 is 0 Å². The number of hydrogen-bond donors (Lipinski definition) is 1. The lowest BCUT2D eigenvalue weighted by atomic mass is 10.2. The molecule has 0 spiro atoms. The van der Waals surface area contributed by atoms with Crippen molar-refractivity contribution in [3.63, 3.8) is 0 Å². The van der Waals surface area contributed by atoms with Crippen LogP contribution in [0.2, 0.25) is 0 Å². The summed E-state index contributed by atoms with van der Waals surface area (Å²) in [6, 6.07) is 10.4. The Kier molecular flexibility index (Phi) is 5.51. The second-order valence-electron chi connectivity index (χ2n) is 6.51. The van der Waals surface area contributed by atoms with Gasteiger partial charge in [0, 0.05) is 30.6 Å². The fraction of sp³-hybridized carbons (Fsp3) is 0.526. The van der Waals surface area contributed by atoms with Crippen LogP contribution >= 0.6 is 11.8 Å². The molecule has 0 aliphatic heterocycles. The van der Waals surface area contributed by atoms with Crippen molar-refractivity contribution in [3.8, 4) is 5.69 Å². The summed E-state index contributed by atoms with van der Waals surface area (Å²) in [6.07, 6.45) is 3.73. The summed E-state index contributed by atoms with van der Waals surface area (Å²) in [7, 11) is 1.96. The van der Waals surface area contributed by atoms with Crippen molar-refractivity contribution in [2.75, 3.05) is 5.75 Å². The smallest absolute Gasteiger partial charge is 0.276 e. The van der Waals surface area contributed by atoms with Gasteiger partial charge in [-0.05, 0) is 44.1 Å². The summed E-state index contributed by atoms with van der Waals surface area (Å²) in [5.41, 5.74) is 2.92. The average molecular weight is 346 g/mol. The molecule has 2 aromatic rings. The monoisotopic (exact) mass is 345 g/mol. The van der Waals surface area contributed by atoms with E-state index >= 15 is 0 Å². The molecule has 1 aromatic heterocycles. The summed E-state index contributed by atoms with van der Waals surface area (Å²) in [5, 5.41) is 4.40. The van der Waals surface area contributed by atoms with E-state index in [4.69, 9.17) is 0 Å². The first-order valence-electron chi connectivity index (χ1n) is 8.79. The van der Waals surface area contributed by atoms with Gasteiger partial charge >= 0.3 is 0 Å². The molecule has 5 heteroatoms. The maximum atomic E-state index is 12.9. The second kappa shape index (κ2) is 7.62. The van der Waals surface area contributed by atoms with Crippen LogP contribution in [0.5, 0.6) is 0 Å². The fourth-order valence-electron chi connectivity index (χ4n) is 3.59. The standard InChI is InChI=1S/C19H27N3OS/c1-4-24-17-11-10-15(12-17)20-13-18-14(2)21(3)22(19(18)23)16-8-6-5-7-9-16/h5-9,15,17,20H,4,10-13H2,1-3H3/t15-,17-/m0/s1. The van der Waals surface area contributed by atoms with Crippen LogP contribution in [-0.4, -0.2) is 26.4 Å². The molecule has 1 fully saturated rings. The molecule has 4 nitrogen and oxygen atoms in total. The molecule has 1 heterocycles. The van der Waals surface area contributed by atoms with Gasteiger partial charge in [0.25, 0.3) is 5.56 Å². The third-order valence-electron chi connectivity index (χ3n) is 5.03. The van der Waals surface area contributed by atoms with E-state index in [1.165, 1.54) is 25.0 Å². The molecule has 3 rings (SSSR count). The highest BCUT2D eigenvalue weighted by Gasteiger charge is 2.25. The van der Waals surface area contributed by atoms with E-state index in [0.717, 1.165) is 22.2 Å². The maximum absolute atomic E-state index is 12.9. The largest absolute Gasteiger partial charge is 0.310 e. The van der Waals surface area contributed by atoms with Gasteiger partial charge in [0.1, 0.15) is 0 Å². The lowest BCUT2D eigenvalue weighted by Gasteiger charge is -2.12. The third kappa shape index (κ3) is 3.47. The first-order valence-corrected chi connectivity index (χ1v) is 9.84. The molecule has 24 heavy (non-hydrogen) atoms. The number of rotatable bonds is 6. The Hall–Kier alpha value is -1.46. The van der Waals surface area contributed by atoms with E-state index in [1.807, 2.05) is 49.0 Å². The highest BCUT2D eigenvalue weighted by molar-refractivity contribution is 7.99. The summed E-state index contributed by atoms with van der Waals surface area (Å²) in [4.78, 5) is 12.9. The molecule has 1 aliphatic rings. The van der Waals surface area contributed by atoms with Gasteiger partial charge in [-0.1, -0.05) is 25.1 Å². The molecule has 1 N–H and O–H groups in total. The zero-order chi connectivity index (χ0) is 17.1. The molecule has 130 valence electrons. The van der Waals surface area contributed by atoms with Gasteiger partial charge in [0.2, 0.25) is 0 Å². The minimum atomic E-state index is 0.0891. The number of nitrogens with one attached hydrogen (secondary N) is 1. The van der Waals surface area contributed by atoms with Crippen LogP contribution in [0.3, 0.4) is 0 Å². The van der Waals surface area contributed by atoms with Crippen molar-refractivity contribution in [2.45, 2.75) is 50.9 Å². The van der Waals surface area contributed by atoms with Crippen molar-refractivity contribution >= 4 is 11.8 Å². The molecule has 0 unspecified atom stereocenters. The minimum Gasteiger partial charge on any atom is -0.310 e. The Morgan fingerprint density at radius 2 is 2.00 bits per heavy atom. The molecule has 0 saturated heterocycles. The van der Waals surface area contributed by atoms with E-state index in [0.29, 0.717) is 12.6 Å². The molecule has 0 radical (unpaired) electrons. The molecular formula is C19H27N3OS. The van der Waals surface area contributed by atoms with E-state index in [-0.39, 0.29) is 5.56 Å². The number of para-hydroxylation sites is 1. The molecule has 1 aromatic carbocycles. The number of nitrogens with zero attached hydrogens (tertiary/aromatic N) is 2. The van der Waals surface area contributed by atoms with E-state index in [9.17, 15) is 4.79 Å². The van der Waals surface area contributed by atoms with Gasteiger partial charge in [-0.3, -0.25) is 9.48 Å². The van der Waals surface area contributed by atoms with Crippen LogP contribution < -0.4 is 10.9 Å². The van der Waals surface area contributed by atoms with Crippen LogP contribution in [0.15, 0.2) is 35.1 Å².